The van der Waals surface area contributed by atoms with Crippen LogP contribution in [0.1, 0.15) is 28.2 Å². The van der Waals surface area contributed by atoms with E-state index in [4.69, 9.17) is 16.3 Å². The van der Waals surface area contributed by atoms with Crippen molar-refractivity contribution in [3.05, 3.63) is 95.0 Å². The molecule has 5 rings (SSSR count). The lowest BCUT2D eigenvalue weighted by Crippen LogP contribution is -2.40. The first-order valence-electron chi connectivity index (χ1n) is 11.0. The number of para-hydroxylation sites is 1. The number of hydrazine groups is 1. The van der Waals surface area contributed by atoms with E-state index in [9.17, 15) is 4.79 Å². The fourth-order valence-corrected chi connectivity index (χ4v) is 3.95. The number of aromatic nitrogens is 4. The van der Waals surface area contributed by atoms with E-state index >= 15 is 0 Å². The lowest BCUT2D eigenvalue weighted by Gasteiger charge is -2.12. The number of pyridine rings is 1. The van der Waals surface area contributed by atoms with E-state index in [-0.39, 0.29) is 18.2 Å². The third-order valence-electron chi connectivity index (χ3n) is 5.64. The van der Waals surface area contributed by atoms with Crippen molar-refractivity contribution in [1.29, 1.82) is 0 Å². The van der Waals surface area contributed by atoms with Gasteiger partial charge in [-0.05, 0) is 49.7 Å². The number of nitrogens with zero attached hydrogens (tertiary/aromatic N) is 4. The molecule has 0 saturated carbocycles. The smallest absolute Gasteiger partial charge is 0.265 e. The number of epoxide rings is 1. The van der Waals surface area contributed by atoms with Gasteiger partial charge in [-0.25, -0.2) is 5.43 Å². The Balaban J connectivity index is 1.25. The second kappa shape index (κ2) is 9.72. The SMILES string of the molecule is Cc1ccc(C(=O)NNC2OC2CCc2nnc(-c3ccncc3)n2-c2ccccc2Cl)cc1. The van der Waals surface area contributed by atoms with Gasteiger partial charge in [0.05, 0.1) is 10.7 Å². The summed E-state index contributed by atoms with van der Waals surface area (Å²) in [6.45, 7) is 1.98. The van der Waals surface area contributed by atoms with Crippen LogP contribution in [0, 0.1) is 6.92 Å². The van der Waals surface area contributed by atoms with Crippen LogP contribution in [0.25, 0.3) is 17.1 Å². The predicted octanol–water partition coefficient (Wildman–Crippen LogP) is 3.88. The molecule has 0 aliphatic carbocycles. The first-order chi connectivity index (χ1) is 16.6. The number of carbonyl (C=O) groups is 1. The molecular formula is C25H23ClN6O2. The van der Waals surface area contributed by atoms with Gasteiger partial charge in [0.15, 0.2) is 12.1 Å². The normalized spacial score (nSPS) is 16.9. The molecule has 3 heterocycles. The third kappa shape index (κ3) is 4.84. The molecule has 1 aliphatic heterocycles. The zero-order valence-electron chi connectivity index (χ0n) is 18.5. The van der Waals surface area contributed by atoms with Gasteiger partial charge in [-0.1, -0.05) is 41.4 Å². The number of carbonyl (C=O) groups excluding carboxylic acids is 1. The lowest BCUT2D eigenvalue weighted by atomic mass is 10.1. The third-order valence-corrected chi connectivity index (χ3v) is 5.96. The van der Waals surface area contributed by atoms with E-state index in [1.807, 2.05) is 60.0 Å². The highest BCUT2D eigenvalue weighted by Crippen LogP contribution is 2.29. The minimum Gasteiger partial charge on any atom is -0.352 e. The monoisotopic (exact) mass is 474 g/mol. The van der Waals surface area contributed by atoms with Crippen molar-refractivity contribution in [3.8, 4) is 17.1 Å². The zero-order chi connectivity index (χ0) is 23.5. The Morgan fingerprint density at radius 2 is 1.82 bits per heavy atom. The number of hydrogen-bond donors (Lipinski definition) is 2. The highest BCUT2D eigenvalue weighted by atomic mass is 35.5. The van der Waals surface area contributed by atoms with E-state index in [2.05, 4.69) is 26.0 Å². The molecule has 1 fully saturated rings. The molecule has 34 heavy (non-hydrogen) atoms. The number of nitrogens with one attached hydrogen (secondary N) is 2. The van der Waals surface area contributed by atoms with Crippen LogP contribution < -0.4 is 10.9 Å². The maximum atomic E-state index is 12.3. The Morgan fingerprint density at radius 3 is 2.59 bits per heavy atom. The molecule has 2 atom stereocenters. The van der Waals surface area contributed by atoms with Crippen LogP contribution in [-0.2, 0) is 11.2 Å². The quantitative estimate of drug-likeness (QED) is 0.297. The van der Waals surface area contributed by atoms with Crippen molar-refractivity contribution in [3.63, 3.8) is 0 Å². The number of ether oxygens (including phenoxy) is 1. The van der Waals surface area contributed by atoms with Gasteiger partial charge in [-0.2, -0.15) is 0 Å². The molecule has 2 N–H and O–H groups in total. The maximum Gasteiger partial charge on any atom is 0.265 e. The molecule has 2 aromatic carbocycles. The molecule has 1 amide bonds. The van der Waals surface area contributed by atoms with Crippen molar-refractivity contribution in [1.82, 2.24) is 30.6 Å². The van der Waals surface area contributed by atoms with Gasteiger partial charge >= 0.3 is 0 Å². The molecule has 4 aromatic rings. The van der Waals surface area contributed by atoms with Crippen molar-refractivity contribution in [2.75, 3.05) is 0 Å². The van der Waals surface area contributed by atoms with Crippen LogP contribution >= 0.6 is 11.6 Å². The highest BCUT2D eigenvalue weighted by Gasteiger charge is 2.39. The molecule has 1 aliphatic rings. The minimum absolute atomic E-state index is 0.0425. The molecule has 2 aromatic heterocycles. The van der Waals surface area contributed by atoms with E-state index in [1.54, 1.807) is 24.5 Å². The van der Waals surface area contributed by atoms with Gasteiger partial charge in [0.2, 0.25) is 0 Å². The van der Waals surface area contributed by atoms with Gasteiger partial charge in [0.25, 0.3) is 5.91 Å². The van der Waals surface area contributed by atoms with Crippen LogP contribution in [0.15, 0.2) is 73.1 Å². The van der Waals surface area contributed by atoms with Gasteiger partial charge in [-0.3, -0.25) is 19.8 Å². The Labute approximate surface area is 201 Å². The van der Waals surface area contributed by atoms with Crippen LogP contribution in [0.2, 0.25) is 5.02 Å². The fraction of sp³-hybridized carbons (Fsp3) is 0.200. The van der Waals surface area contributed by atoms with Gasteiger partial charge in [0.1, 0.15) is 11.9 Å². The Bertz CT molecular complexity index is 1290. The molecule has 2 unspecified atom stereocenters. The number of rotatable bonds is 8. The average molecular weight is 475 g/mol. The lowest BCUT2D eigenvalue weighted by molar-refractivity contribution is 0.0923. The summed E-state index contributed by atoms with van der Waals surface area (Å²) in [6, 6.07) is 18.8. The number of halogens is 1. The molecule has 0 radical (unpaired) electrons. The van der Waals surface area contributed by atoms with E-state index in [0.29, 0.717) is 29.3 Å². The number of hydrogen-bond acceptors (Lipinski definition) is 6. The Kier molecular flexibility index (Phi) is 6.35. The Hall–Kier alpha value is -3.59. The molecule has 9 heteroatoms. The van der Waals surface area contributed by atoms with E-state index in [1.165, 1.54) is 0 Å². The molecule has 0 bridgehead atoms. The van der Waals surface area contributed by atoms with Crippen molar-refractivity contribution in [2.24, 2.45) is 0 Å². The van der Waals surface area contributed by atoms with Gasteiger partial charge in [-0.15, -0.1) is 10.2 Å². The second-order valence-corrected chi connectivity index (χ2v) is 8.47. The number of amides is 1. The minimum atomic E-state index is -0.245. The molecule has 0 spiro atoms. The first-order valence-corrected chi connectivity index (χ1v) is 11.4. The summed E-state index contributed by atoms with van der Waals surface area (Å²) in [6.07, 6.45) is 4.49. The van der Waals surface area contributed by atoms with E-state index in [0.717, 1.165) is 22.6 Å². The predicted molar refractivity (Wildman–Crippen MR) is 128 cm³/mol. The molecular weight excluding hydrogens is 452 g/mol. The summed E-state index contributed by atoms with van der Waals surface area (Å²) in [5.41, 5.74) is 9.06. The number of benzene rings is 2. The van der Waals surface area contributed by atoms with Crippen LogP contribution in [0.3, 0.4) is 0 Å². The van der Waals surface area contributed by atoms with Crippen LogP contribution in [0.4, 0.5) is 0 Å². The Morgan fingerprint density at radius 1 is 1.06 bits per heavy atom. The second-order valence-electron chi connectivity index (χ2n) is 8.06. The standard InChI is InChI=1S/C25H23ClN6O2/c1-16-6-8-18(9-7-16)24(33)30-31-25-21(34-25)10-11-22-28-29-23(17-12-14-27-15-13-17)32(22)20-5-3-2-4-19(20)26/h2-9,12-15,21,25,31H,10-11H2,1H3,(H,30,33). The number of aryl methyl sites for hydroxylation is 2. The fourth-order valence-electron chi connectivity index (χ4n) is 3.73. The topological polar surface area (TPSA) is 97.3 Å². The summed E-state index contributed by atoms with van der Waals surface area (Å²) in [7, 11) is 0. The molecule has 172 valence electrons. The van der Waals surface area contributed by atoms with Crippen molar-refractivity contribution < 1.29 is 9.53 Å². The van der Waals surface area contributed by atoms with Gasteiger partial charge in [0, 0.05) is 29.9 Å². The highest BCUT2D eigenvalue weighted by molar-refractivity contribution is 6.32. The maximum absolute atomic E-state index is 12.3. The summed E-state index contributed by atoms with van der Waals surface area (Å²) in [4.78, 5) is 16.4. The van der Waals surface area contributed by atoms with Gasteiger partial charge < -0.3 is 4.74 Å². The zero-order valence-corrected chi connectivity index (χ0v) is 19.2. The van der Waals surface area contributed by atoms with Crippen LogP contribution in [0.5, 0.6) is 0 Å². The average Bonchev–Trinajstić information content (AvgIpc) is 3.49. The summed E-state index contributed by atoms with van der Waals surface area (Å²) >= 11 is 6.51. The van der Waals surface area contributed by atoms with Crippen molar-refractivity contribution >= 4 is 17.5 Å². The summed E-state index contributed by atoms with van der Waals surface area (Å²) in [5.74, 6) is 1.27. The largest absolute Gasteiger partial charge is 0.352 e. The summed E-state index contributed by atoms with van der Waals surface area (Å²) < 4.78 is 7.66. The summed E-state index contributed by atoms with van der Waals surface area (Å²) in [5, 5.41) is 9.49. The van der Waals surface area contributed by atoms with Crippen LogP contribution in [-0.4, -0.2) is 38.0 Å². The van der Waals surface area contributed by atoms with Crippen molar-refractivity contribution in [2.45, 2.75) is 32.1 Å². The first kappa shape index (κ1) is 22.2. The molecule has 8 nitrogen and oxygen atoms in total. The van der Waals surface area contributed by atoms with E-state index < -0.39 is 0 Å². The molecule has 1 saturated heterocycles.